The molecule has 1 atom stereocenters. The maximum atomic E-state index is 13.6. The number of hydrogen-bond donors (Lipinski definition) is 1. The number of nitrogens with zero attached hydrogens (tertiary/aromatic N) is 2. The Morgan fingerprint density at radius 3 is 2.24 bits per heavy atom. The molecule has 3 rings (SSSR count). The molecule has 2 aromatic carbocycles. The van der Waals surface area contributed by atoms with E-state index in [0.29, 0.717) is 30.1 Å². The summed E-state index contributed by atoms with van der Waals surface area (Å²) in [5, 5.41) is 3.70. The van der Waals surface area contributed by atoms with Gasteiger partial charge in [0.25, 0.3) is 0 Å². The third kappa shape index (κ3) is 8.73. The fraction of sp³-hybridized carbons (Fsp3) is 0.517. The van der Waals surface area contributed by atoms with Gasteiger partial charge in [0.15, 0.2) is 0 Å². The summed E-state index contributed by atoms with van der Waals surface area (Å²) in [4.78, 5) is 28.6. The van der Waals surface area contributed by atoms with Gasteiger partial charge >= 0.3 is 0 Å². The minimum atomic E-state index is -3.55. The van der Waals surface area contributed by atoms with E-state index >= 15 is 0 Å². The van der Waals surface area contributed by atoms with E-state index in [2.05, 4.69) is 5.32 Å². The fourth-order valence-corrected chi connectivity index (χ4v) is 6.06. The molecule has 1 fully saturated rings. The van der Waals surface area contributed by atoms with Crippen molar-refractivity contribution in [1.82, 2.24) is 10.2 Å². The zero-order chi connectivity index (χ0) is 27.7. The Hall–Kier alpha value is -2.58. The third-order valence-electron chi connectivity index (χ3n) is 7.08. The van der Waals surface area contributed by atoms with Crippen LogP contribution in [0.3, 0.4) is 0 Å². The van der Waals surface area contributed by atoms with Crippen LogP contribution in [0.25, 0.3) is 0 Å². The predicted octanol–water partition coefficient (Wildman–Crippen LogP) is 5.45. The zero-order valence-corrected chi connectivity index (χ0v) is 24.2. The second-order valence-electron chi connectivity index (χ2n) is 10.2. The van der Waals surface area contributed by atoms with Crippen LogP contribution in [0.5, 0.6) is 0 Å². The number of amides is 2. The molecule has 0 radical (unpaired) electrons. The highest BCUT2D eigenvalue weighted by atomic mass is 35.5. The van der Waals surface area contributed by atoms with E-state index < -0.39 is 16.1 Å². The number of carbonyl (C=O) groups excluding carboxylic acids is 2. The first-order valence-electron chi connectivity index (χ1n) is 13.5. The van der Waals surface area contributed by atoms with Crippen LogP contribution in [-0.2, 0) is 26.2 Å². The number of hydrogen-bond acceptors (Lipinski definition) is 4. The number of nitrogens with one attached hydrogen (secondary N) is 1. The van der Waals surface area contributed by atoms with Gasteiger partial charge in [-0.15, -0.1) is 0 Å². The SMILES string of the molecule is CC[C@H](C(=O)NC1CCCCC1)N(Cc1ccc(C)cc1)C(=O)CCCN(c1ccc(Cl)cc1)S(C)(=O)=O. The minimum Gasteiger partial charge on any atom is -0.352 e. The van der Waals surface area contributed by atoms with Gasteiger partial charge in [-0.25, -0.2) is 8.42 Å². The molecule has 1 aliphatic carbocycles. The Balaban J connectivity index is 1.74. The molecule has 0 heterocycles. The van der Waals surface area contributed by atoms with Crippen molar-refractivity contribution in [3.05, 3.63) is 64.7 Å². The van der Waals surface area contributed by atoms with Crippen LogP contribution in [0.4, 0.5) is 5.69 Å². The Morgan fingerprint density at radius 1 is 1.03 bits per heavy atom. The molecule has 0 aliphatic heterocycles. The molecule has 1 aliphatic rings. The number of rotatable bonds is 12. The summed E-state index contributed by atoms with van der Waals surface area (Å²) in [5.41, 5.74) is 2.57. The first-order chi connectivity index (χ1) is 18.1. The molecular formula is C29H40ClN3O4S. The maximum Gasteiger partial charge on any atom is 0.243 e. The average Bonchev–Trinajstić information content (AvgIpc) is 2.88. The number of sulfonamides is 1. The number of halogens is 1. The number of aryl methyl sites for hydroxylation is 1. The van der Waals surface area contributed by atoms with Gasteiger partial charge in [0.05, 0.1) is 11.9 Å². The molecule has 0 saturated heterocycles. The summed E-state index contributed by atoms with van der Waals surface area (Å²) in [6, 6.07) is 14.1. The fourth-order valence-electron chi connectivity index (χ4n) is 4.97. The molecule has 0 aromatic heterocycles. The first kappa shape index (κ1) is 30.0. The predicted molar refractivity (Wildman–Crippen MR) is 154 cm³/mol. The van der Waals surface area contributed by atoms with Gasteiger partial charge in [-0.3, -0.25) is 13.9 Å². The van der Waals surface area contributed by atoms with Crippen LogP contribution in [0, 0.1) is 6.92 Å². The smallest absolute Gasteiger partial charge is 0.243 e. The maximum absolute atomic E-state index is 13.6. The topological polar surface area (TPSA) is 86.8 Å². The van der Waals surface area contributed by atoms with Crippen LogP contribution in [-0.4, -0.2) is 50.0 Å². The van der Waals surface area contributed by atoms with Gasteiger partial charge < -0.3 is 10.2 Å². The van der Waals surface area contributed by atoms with E-state index in [1.54, 1.807) is 29.2 Å². The van der Waals surface area contributed by atoms with E-state index in [9.17, 15) is 18.0 Å². The lowest BCUT2D eigenvalue weighted by Gasteiger charge is -2.33. The minimum absolute atomic E-state index is 0.112. The largest absolute Gasteiger partial charge is 0.352 e. The number of anilines is 1. The first-order valence-corrected chi connectivity index (χ1v) is 15.7. The van der Waals surface area contributed by atoms with Gasteiger partial charge in [0.2, 0.25) is 21.8 Å². The van der Waals surface area contributed by atoms with E-state index in [0.717, 1.165) is 43.1 Å². The van der Waals surface area contributed by atoms with Crippen LogP contribution < -0.4 is 9.62 Å². The summed E-state index contributed by atoms with van der Waals surface area (Å²) in [6.45, 7) is 4.40. The molecule has 0 unspecified atom stereocenters. The molecule has 9 heteroatoms. The summed E-state index contributed by atoms with van der Waals surface area (Å²) in [5.74, 6) is -0.278. The van der Waals surface area contributed by atoms with Crippen molar-refractivity contribution in [3.8, 4) is 0 Å². The molecular weight excluding hydrogens is 522 g/mol. The van der Waals surface area contributed by atoms with E-state index in [4.69, 9.17) is 11.6 Å². The summed E-state index contributed by atoms with van der Waals surface area (Å²) in [6.07, 6.45) is 7.45. The highest BCUT2D eigenvalue weighted by Crippen LogP contribution is 2.22. The van der Waals surface area contributed by atoms with Crippen molar-refractivity contribution < 1.29 is 18.0 Å². The van der Waals surface area contributed by atoms with Crippen molar-refractivity contribution in [2.75, 3.05) is 17.1 Å². The molecule has 208 valence electrons. The highest BCUT2D eigenvalue weighted by Gasteiger charge is 2.30. The van der Waals surface area contributed by atoms with Gasteiger partial charge in [-0.2, -0.15) is 0 Å². The lowest BCUT2D eigenvalue weighted by Crippen LogP contribution is -2.51. The number of carbonyl (C=O) groups is 2. The summed E-state index contributed by atoms with van der Waals surface area (Å²) < 4.78 is 26.2. The monoisotopic (exact) mass is 561 g/mol. The van der Waals surface area contributed by atoms with E-state index in [1.165, 1.54) is 10.7 Å². The molecule has 1 N–H and O–H groups in total. The van der Waals surface area contributed by atoms with Crippen LogP contribution >= 0.6 is 11.6 Å². The summed E-state index contributed by atoms with van der Waals surface area (Å²) in [7, 11) is -3.55. The van der Waals surface area contributed by atoms with Crippen LogP contribution in [0.2, 0.25) is 5.02 Å². The Morgan fingerprint density at radius 2 is 1.66 bits per heavy atom. The van der Waals surface area contributed by atoms with E-state index in [1.807, 2.05) is 38.1 Å². The molecule has 1 saturated carbocycles. The molecule has 0 bridgehead atoms. The van der Waals surface area contributed by atoms with Gasteiger partial charge in [0, 0.05) is 30.6 Å². The molecule has 2 aromatic rings. The lowest BCUT2D eigenvalue weighted by molar-refractivity contribution is -0.141. The zero-order valence-electron chi connectivity index (χ0n) is 22.7. The Labute approximate surface area is 232 Å². The average molecular weight is 562 g/mol. The molecule has 38 heavy (non-hydrogen) atoms. The second-order valence-corrected chi connectivity index (χ2v) is 12.5. The lowest BCUT2D eigenvalue weighted by atomic mass is 9.95. The van der Waals surface area contributed by atoms with Crippen molar-refractivity contribution in [1.29, 1.82) is 0 Å². The molecule has 7 nitrogen and oxygen atoms in total. The standard InChI is InChI=1S/C29H40ClN3O4S/c1-4-27(29(35)31-25-9-6-5-7-10-25)32(21-23-14-12-22(2)13-15-23)28(34)11-8-20-33(38(3,36)37)26-18-16-24(30)17-19-26/h12-19,25,27H,4-11,20-21H2,1-3H3,(H,31,35)/t27-/m1/s1. The van der Waals surface area contributed by atoms with Crippen molar-refractivity contribution >= 4 is 39.1 Å². The van der Waals surface area contributed by atoms with Crippen molar-refractivity contribution in [3.63, 3.8) is 0 Å². The Kier molecular flexibility index (Phi) is 11.0. The van der Waals surface area contributed by atoms with Crippen molar-refractivity contribution in [2.45, 2.75) is 83.8 Å². The van der Waals surface area contributed by atoms with E-state index in [-0.39, 0.29) is 30.8 Å². The highest BCUT2D eigenvalue weighted by molar-refractivity contribution is 7.92. The van der Waals surface area contributed by atoms with Crippen LogP contribution in [0.15, 0.2) is 48.5 Å². The molecule has 2 amide bonds. The van der Waals surface area contributed by atoms with Gasteiger partial charge in [-0.05, 0) is 62.4 Å². The quantitative estimate of drug-likeness (QED) is 0.373. The van der Waals surface area contributed by atoms with Gasteiger partial charge in [0.1, 0.15) is 6.04 Å². The normalized spacial score (nSPS) is 15.1. The van der Waals surface area contributed by atoms with Crippen molar-refractivity contribution in [2.24, 2.45) is 0 Å². The summed E-state index contributed by atoms with van der Waals surface area (Å²) >= 11 is 5.97. The van der Waals surface area contributed by atoms with Gasteiger partial charge in [-0.1, -0.05) is 67.6 Å². The second kappa shape index (κ2) is 14.0. The Bertz CT molecular complexity index is 1160. The number of benzene rings is 2. The third-order valence-corrected chi connectivity index (χ3v) is 8.52. The van der Waals surface area contributed by atoms with Crippen LogP contribution in [0.1, 0.15) is 69.4 Å². The molecule has 0 spiro atoms.